The minimum absolute atomic E-state index is 0.0636. The molecule has 1 heterocycles. The summed E-state index contributed by atoms with van der Waals surface area (Å²) < 4.78 is 5.07. The third kappa shape index (κ3) is 3.88. The number of nitrogens with one attached hydrogen (secondary N) is 1. The van der Waals surface area contributed by atoms with Crippen molar-refractivity contribution in [1.82, 2.24) is 5.32 Å². The molecule has 2 amide bonds. The van der Waals surface area contributed by atoms with Gasteiger partial charge in [-0.1, -0.05) is 0 Å². The summed E-state index contributed by atoms with van der Waals surface area (Å²) in [6.07, 6.45) is 1.11. The fourth-order valence-corrected chi connectivity index (χ4v) is 1.66. The van der Waals surface area contributed by atoms with Gasteiger partial charge in [0.1, 0.15) is 6.04 Å². The molecule has 0 aliphatic carbocycles. The van der Waals surface area contributed by atoms with Crippen molar-refractivity contribution in [2.45, 2.75) is 18.9 Å². The monoisotopic (exact) mass is 318 g/mol. The second kappa shape index (κ2) is 6.20. The number of carbonyl (C=O) groups excluding carboxylic acids is 2. The van der Waals surface area contributed by atoms with Crippen LogP contribution in [-0.2, 0) is 9.59 Å². The van der Waals surface area contributed by atoms with E-state index in [1.165, 1.54) is 12.3 Å². The summed E-state index contributed by atoms with van der Waals surface area (Å²) in [5.41, 5.74) is 5.10. The lowest BCUT2D eigenvalue weighted by Crippen LogP contribution is -2.41. The number of aliphatic carboxylic acids is 1. The van der Waals surface area contributed by atoms with E-state index in [1.54, 1.807) is 0 Å². The summed E-state index contributed by atoms with van der Waals surface area (Å²) in [6.45, 7) is 0. The van der Waals surface area contributed by atoms with Crippen LogP contribution in [-0.4, -0.2) is 28.9 Å². The average molecular weight is 319 g/mol. The number of carbonyl (C=O) groups is 3. The van der Waals surface area contributed by atoms with E-state index in [0.717, 1.165) is 0 Å². The van der Waals surface area contributed by atoms with Gasteiger partial charge in [0.2, 0.25) is 5.91 Å². The molecule has 1 rings (SSSR count). The molecule has 98 valence electrons. The molecule has 0 aliphatic heterocycles. The predicted molar refractivity (Wildman–Crippen MR) is 63.7 cm³/mol. The number of carboxylic acid groups (broad SMARTS) is 1. The van der Waals surface area contributed by atoms with Crippen molar-refractivity contribution in [3.8, 4) is 0 Å². The summed E-state index contributed by atoms with van der Waals surface area (Å²) in [7, 11) is 0. The average Bonchev–Trinajstić information content (AvgIpc) is 2.69. The Hall–Kier alpha value is -1.83. The van der Waals surface area contributed by atoms with Crippen LogP contribution in [0.15, 0.2) is 21.4 Å². The second-order valence-electron chi connectivity index (χ2n) is 3.48. The topological polar surface area (TPSA) is 123 Å². The number of halogens is 1. The molecule has 0 aromatic carbocycles. The third-order valence-corrected chi connectivity index (χ3v) is 2.76. The highest BCUT2D eigenvalue weighted by molar-refractivity contribution is 9.10. The third-order valence-electron chi connectivity index (χ3n) is 2.15. The number of amides is 2. The van der Waals surface area contributed by atoms with Crippen LogP contribution in [0.2, 0.25) is 0 Å². The molecule has 1 aromatic heterocycles. The Morgan fingerprint density at radius 2 is 2.17 bits per heavy atom. The summed E-state index contributed by atoms with van der Waals surface area (Å²) in [5, 5.41) is 11.2. The van der Waals surface area contributed by atoms with Gasteiger partial charge in [-0.15, -0.1) is 0 Å². The minimum atomic E-state index is -1.23. The summed E-state index contributed by atoms with van der Waals surface area (Å²) in [6, 6.07) is 0.221. The van der Waals surface area contributed by atoms with Gasteiger partial charge in [0.05, 0.1) is 11.8 Å². The van der Waals surface area contributed by atoms with Crippen LogP contribution < -0.4 is 11.1 Å². The molecular formula is C10H11BrN2O5. The normalized spacial score (nSPS) is 11.8. The van der Waals surface area contributed by atoms with E-state index in [4.69, 9.17) is 15.3 Å². The zero-order valence-corrected chi connectivity index (χ0v) is 10.8. The van der Waals surface area contributed by atoms with Crippen LogP contribution in [0.1, 0.15) is 23.2 Å². The van der Waals surface area contributed by atoms with Gasteiger partial charge in [0.25, 0.3) is 5.91 Å². The van der Waals surface area contributed by atoms with E-state index in [-0.39, 0.29) is 23.1 Å². The number of hydrogen-bond donors (Lipinski definition) is 3. The van der Waals surface area contributed by atoms with E-state index in [2.05, 4.69) is 21.2 Å². The molecule has 8 heteroatoms. The molecule has 1 aromatic rings. The molecular weight excluding hydrogens is 308 g/mol. The van der Waals surface area contributed by atoms with Crippen LogP contribution in [0.5, 0.6) is 0 Å². The molecule has 0 fully saturated rings. The Morgan fingerprint density at radius 3 is 2.61 bits per heavy atom. The summed E-state index contributed by atoms with van der Waals surface area (Å²) in [5.74, 6) is -2.46. The number of furan rings is 1. The fraction of sp³-hybridized carbons (Fsp3) is 0.300. The highest BCUT2D eigenvalue weighted by Crippen LogP contribution is 2.17. The van der Waals surface area contributed by atoms with Crippen LogP contribution in [0, 0.1) is 0 Å². The van der Waals surface area contributed by atoms with Gasteiger partial charge in [-0.25, -0.2) is 4.79 Å². The molecule has 0 aliphatic rings. The molecule has 7 nitrogen and oxygen atoms in total. The number of primary amides is 1. The van der Waals surface area contributed by atoms with Gasteiger partial charge in [0.15, 0.2) is 4.67 Å². The molecule has 0 radical (unpaired) electrons. The maximum absolute atomic E-state index is 11.7. The summed E-state index contributed by atoms with van der Waals surface area (Å²) >= 11 is 3.01. The highest BCUT2D eigenvalue weighted by Gasteiger charge is 2.22. The van der Waals surface area contributed by atoms with Crippen molar-refractivity contribution < 1.29 is 23.9 Å². The van der Waals surface area contributed by atoms with Crippen molar-refractivity contribution in [1.29, 1.82) is 0 Å². The van der Waals surface area contributed by atoms with Crippen molar-refractivity contribution in [2.24, 2.45) is 5.73 Å². The Labute approximate surface area is 110 Å². The Balaban J connectivity index is 2.67. The molecule has 0 unspecified atom stereocenters. The zero-order chi connectivity index (χ0) is 13.7. The smallest absolute Gasteiger partial charge is 0.326 e. The predicted octanol–water partition coefficient (Wildman–Crippen LogP) is 0.491. The first kappa shape index (κ1) is 14.2. The summed E-state index contributed by atoms with van der Waals surface area (Å²) in [4.78, 5) is 33.2. The highest BCUT2D eigenvalue weighted by atomic mass is 79.9. The van der Waals surface area contributed by atoms with Crippen molar-refractivity contribution in [3.05, 3.63) is 22.6 Å². The van der Waals surface area contributed by atoms with E-state index < -0.39 is 23.8 Å². The van der Waals surface area contributed by atoms with Crippen LogP contribution in [0.25, 0.3) is 0 Å². The Morgan fingerprint density at radius 1 is 1.50 bits per heavy atom. The van der Waals surface area contributed by atoms with Gasteiger partial charge < -0.3 is 20.6 Å². The van der Waals surface area contributed by atoms with E-state index in [1.807, 2.05) is 0 Å². The first-order chi connectivity index (χ1) is 8.41. The lowest BCUT2D eigenvalue weighted by atomic mass is 10.1. The zero-order valence-electron chi connectivity index (χ0n) is 9.18. The van der Waals surface area contributed by atoms with Crippen molar-refractivity contribution >= 4 is 33.7 Å². The largest absolute Gasteiger partial charge is 0.480 e. The van der Waals surface area contributed by atoms with Gasteiger partial charge >= 0.3 is 5.97 Å². The van der Waals surface area contributed by atoms with Gasteiger partial charge in [-0.2, -0.15) is 0 Å². The van der Waals surface area contributed by atoms with E-state index in [9.17, 15) is 14.4 Å². The first-order valence-corrected chi connectivity index (χ1v) is 5.76. The van der Waals surface area contributed by atoms with Crippen molar-refractivity contribution in [3.63, 3.8) is 0 Å². The minimum Gasteiger partial charge on any atom is -0.480 e. The maximum atomic E-state index is 11.7. The Bertz CT molecular complexity index is 471. The number of rotatable bonds is 6. The lowest BCUT2D eigenvalue weighted by molar-refractivity contribution is -0.139. The molecule has 0 saturated heterocycles. The lowest BCUT2D eigenvalue weighted by Gasteiger charge is -2.12. The standard InChI is InChI=1S/C10H11BrN2O5/c11-8-5(3-4-18-8)9(15)13-6(10(16)17)1-2-7(12)14/h3-4,6H,1-2H2,(H2,12,14)(H,13,15)(H,16,17)/t6-/m1/s1. The molecule has 0 spiro atoms. The van der Waals surface area contributed by atoms with Gasteiger partial charge in [-0.05, 0) is 28.4 Å². The van der Waals surface area contributed by atoms with Crippen LogP contribution >= 0.6 is 15.9 Å². The number of carboxylic acids is 1. The quantitative estimate of drug-likeness (QED) is 0.704. The van der Waals surface area contributed by atoms with Gasteiger partial charge in [-0.3, -0.25) is 9.59 Å². The second-order valence-corrected chi connectivity index (χ2v) is 4.20. The van der Waals surface area contributed by atoms with Crippen molar-refractivity contribution in [2.75, 3.05) is 0 Å². The van der Waals surface area contributed by atoms with Gasteiger partial charge in [0, 0.05) is 6.42 Å². The SMILES string of the molecule is NC(=O)CC[C@@H](NC(=O)c1ccoc1Br)C(=O)O. The fourth-order valence-electron chi connectivity index (χ4n) is 1.24. The molecule has 1 atom stereocenters. The first-order valence-electron chi connectivity index (χ1n) is 4.96. The van der Waals surface area contributed by atoms with Crippen LogP contribution in [0.4, 0.5) is 0 Å². The number of nitrogens with two attached hydrogens (primary N) is 1. The van der Waals surface area contributed by atoms with Crippen LogP contribution in [0.3, 0.4) is 0 Å². The number of hydrogen-bond acceptors (Lipinski definition) is 4. The molecule has 4 N–H and O–H groups in total. The molecule has 0 bridgehead atoms. The van der Waals surface area contributed by atoms with E-state index >= 15 is 0 Å². The van der Waals surface area contributed by atoms with E-state index in [0.29, 0.717) is 0 Å². The molecule has 18 heavy (non-hydrogen) atoms. The molecule has 0 saturated carbocycles. The Kier molecular flexibility index (Phi) is 4.90. The maximum Gasteiger partial charge on any atom is 0.326 e.